The Morgan fingerprint density at radius 2 is 1.86 bits per heavy atom. The second-order valence-corrected chi connectivity index (χ2v) is 5.49. The van der Waals surface area contributed by atoms with Crippen LogP contribution in [-0.4, -0.2) is 30.8 Å². The van der Waals surface area contributed by atoms with Crippen LogP contribution in [0.25, 0.3) is 0 Å². The number of nitrogens with one attached hydrogen (secondary N) is 3. The molecule has 2 aliphatic rings. The van der Waals surface area contributed by atoms with Crippen LogP contribution in [0.4, 0.5) is 5.69 Å². The molecule has 6 heteroatoms. The molecule has 2 heterocycles. The fourth-order valence-electron chi connectivity index (χ4n) is 2.81. The van der Waals surface area contributed by atoms with Crippen LogP contribution in [0.5, 0.6) is 0 Å². The summed E-state index contributed by atoms with van der Waals surface area (Å²) in [5, 5.41) is 8.30. The predicted molar refractivity (Wildman–Crippen MR) is 77.1 cm³/mol. The van der Waals surface area contributed by atoms with E-state index < -0.39 is 5.91 Å². The standard InChI is InChI=1S/C15H17N3O3/c19-13(7-9-3-5-16-6-4-9)17-10-1-2-11-12(8-10)15(21)18-14(11)20/h1-2,8-9,16H,3-7H2,(H,17,19)(H,18,20,21). The van der Waals surface area contributed by atoms with Crippen LogP contribution in [0.3, 0.4) is 0 Å². The summed E-state index contributed by atoms with van der Waals surface area (Å²) in [6, 6.07) is 4.77. The molecule has 1 fully saturated rings. The Morgan fingerprint density at radius 1 is 1.14 bits per heavy atom. The average Bonchev–Trinajstić information content (AvgIpc) is 2.74. The van der Waals surface area contributed by atoms with Crippen LogP contribution in [0.2, 0.25) is 0 Å². The van der Waals surface area contributed by atoms with Crippen LogP contribution >= 0.6 is 0 Å². The van der Waals surface area contributed by atoms with Gasteiger partial charge in [0.1, 0.15) is 0 Å². The molecular formula is C15H17N3O3. The molecule has 1 aromatic rings. The van der Waals surface area contributed by atoms with E-state index in [1.54, 1.807) is 18.2 Å². The maximum atomic E-state index is 12.0. The second kappa shape index (κ2) is 5.65. The van der Waals surface area contributed by atoms with Crippen LogP contribution in [0, 0.1) is 5.92 Å². The van der Waals surface area contributed by atoms with Crippen molar-refractivity contribution in [1.82, 2.24) is 10.6 Å². The number of fused-ring (bicyclic) bond motifs is 1. The molecule has 0 radical (unpaired) electrons. The number of hydrogen-bond donors (Lipinski definition) is 3. The molecule has 21 heavy (non-hydrogen) atoms. The third kappa shape index (κ3) is 2.95. The van der Waals surface area contributed by atoms with Gasteiger partial charge in [0.25, 0.3) is 11.8 Å². The maximum absolute atomic E-state index is 12.0. The molecule has 3 N–H and O–H groups in total. The fourth-order valence-corrected chi connectivity index (χ4v) is 2.81. The van der Waals surface area contributed by atoms with Gasteiger partial charge in [0, 0.05) is 12.1 Å². The molecule has 0 spiro atoms. The third-order valence-electron chi connectivity index (χ3n) is 3.95. The van der Waals surface area contributed by atoms with Crippen molar-refractivity contribution in [1.29, 1.82) is 0 Å². The molecule has 0 saturated carbocycles. The van der Waals surface area contributed by atoms with Gasteiger partial charge in [-0.2, -0.15) is 0 Å². The molecule has 110 valence electrons. The van der Waals surface area contributed by atoms with Crippen LogP contribution < -0.4 is 16.0 Å². The normalized spacial score (nSPS) is 18.3. The molecule has 0 unspecified atom stereocenters. The second-order valence-electron chi connectivity index (χ2n) is 5.49. The molecule has 1 aromatic carbocycles. The smallest absolute Gasteiger partial charge is 0.259 e. The van der Waals surface area contributed by atoms with E-state index in [1.807, 2.05) is 0 Å². The number of benzene rings is 1. The topological polar surface area (TPSA) is 87.3 Å². The highest BCUT2D eigenvalue weighted by Crippen LogP contribution is 2.21. The minimum atomic E-state index is -0.413. The minimum absolute atomic E-state index is 0.0495. The number of hydrogen-bond acceptors (Lipinski definition) is 4. The number of imide groups is 1. The number of anilines is 1. The first-order valence-electron chi connectivity index (χ1n) is 7.14. The van der Waals surface area contributed by atoms with E-state index in [2.05, 4.69) is 16.0 Å². The molecule has 0 aromatic heterocycles. The number of amides is 3. The van der Waals surface area contributed by atoms with Crippen molar-refractivity contribution in [2.45, 2.75) is 19.3 Å². The third-order valence-corrected chi connectivity index (χ3v) is 3.95. The molecular weight excluding hydrogens is 270 g/mol. The molecule has 3 amide bonds. The Bertz CT molecular complexity index is 606. The van der Waals surface area contributed by atoms with Crippen LogP contribution in [0.1, 0.15) is 40.0 Å². The highest BCUT2D eigenvalue weighted by molar-refractivity contribution is 6.22. The van der Waals surface area contributed by atoms with Crippen molar-refractivity contribution in [3.63, 3.8) is 0 Å². The minimum Gasteiger partial charge on any atom is -0.326 e. The first kappa shape index (κ1) is 13.8. The summed E-state index contributed by atoms with van der Waals surface area (Å²) in [6.07, 6.45) is 2.51. The quantitative estimate of drug-likeness (QED) is 0.721. The van der Waals surface area contributed by atoms with Crippen molar-refractivity contribution >= 4 is 23.4 Å². The van der Waals surface area contributed by atoms with Crippen molar-refractivity contribution in [2.75, 3.05) is 18.4 Å². The van der Waals surface area contributed by atoms with Gasteiger partial charge in [0.15, 0.2) is 0 Å². The van der Waals surface area contributed by atoms with Crippen LogP contribution in [-0.2, 0) is 4.79 Å². The van der Waals surface area contributed by atoms with Gasteiger partial charge in [0.05, 0.1) is 11.1 Å². The molecule has 1 saturated heterocycles. The van der Waals surface area contributed by atoms with Crippen molar-refractivity contribution < 1.29 is 14.4 Å². The molecule has 2 aliphatic heterocycles. The van der Waals surface area contributed by atoms with E-state index in [4.69, 9.17) is 0 Å². The lowest BCUT2D eigenvalue weighted by molar-refractivity contribution is -0.117. The number of carbonyl (C=O) groups excluding carboxylic acids is 3. The summed E-state index contributed by atoms with van der Waals surface area (Å²) >= 11 is 0. The lowest BCUT2D eigenvalue weighted by Gasteiger charge is -2.21. The van der Waals surface area contributed by atoms with Gasteiger partial charge in [0.2, 0.25) is 5.91 Å². The summed E-state index contributed by atoms with van der Waals surface area (Å²) in [7, 11) is 0. The van der Waals surface area contributed by atoms with Gasteiger partial charge in [-0.05, 0) is 50.0 Å². The number of carbonyl (C=O) groups is 3. The molecule has 6 nitrogen and oxygen atoms in total. The number of rotatable bonds is 3. The van der Waals surface area contributed by atoms with Gasteiger partial charge in [-0.3, -0.25) is 19.7 Å². The lowest BCUT2D eigenvalue weighted by atomic mass is 9.94. The van der Waals surface area contributed by atoms with Crippen molar-refractivity contribution in [3.05, 3.63) is 29.3 Å². The van der Waals surface area contributed by atoms with E-state index in [9.17, 15) is 14.4 Å². The van der Waals surface area contributed by atoms with E-state index in [0.29, 0.717) is 29.2 Å². The summed E-state index contributed by atoms with van der Waals surface area (Å²) < 4.78 is 0. The largest absolute Gasteiger partial charge is 0.326 e. The Kier molecular flexibility index (Phi) is 3.70. The average molecular weight is 287 g/mol. The number of piperidine rings is 1. The van der Waals surface area contributed by atoms with Gasteiger partial charge in [-0.25, -0.2) is 0 Å². The van der Waals surface area contributed by atoms with Crippen LogP contribution in [0.15, 0.2) is 18.2 Å². The van der Waals surface area contributed by atoms with Gasteiger partial charge < -0.3 is 10.6 Å². The van der Waals surface area contributed by atoms with Gasteiger partial charge in [-0.1, -0.05) is 0 Å². The monoisotopic (exact) mass is 287 g/mol. The first-order chi connectivity index (χ1) is 10.1. The molecule has 3 rings (SSSR count). The van der Waals surface area contributed by atoms with E-state index >= 15 is 0 Å². The Balaban J connectivity index is 1.65. The highest BCUT2D eigenvalue weighted by atomic mass is 16.2. The SMILES string of the molecule is O=C(CC1CCNCC1)Nc1ccc2c(c1)C(=O)NC2=O. The fraction of sp³-hybridized carbons (Fsp3) is 0.400. The van der Waals surface area contributed by atoms with Crippen molar-refractivity contribution in [2.24, 2.45) is 5.92 Å². The Labute approximate surface area is 122 Å². The zero-order valence-corrected chi connectivity index (χ0v) is 11.6. The molecule has 0 aliphatic carbocycles. The highest BCUT2D eigenvalue weighted by Gasteiger charge is 2.27. The van der Waals surface area contributed by atoms with Crippen molar-refractivity contribution in [3.8, 4) is 0 Å². The molecule has 0 bridgehead atoms. The van der Waals surface area contributed by atoms with E-state index in [-0.39, 0.29) is 11.8 Å². The van der Waals surface area contributed by atoms with E-state index in [1.165, 1.54) is 0 Å². The first-order valence-corrected chi connectivity index (χ1v) is 7.14. The predicted octanol–water partition coefficient (Wildman–Crippen LogP) is 0.898. The van der Waals surface area contributed by atoms with Gasteiger partial charge in [-0.15, -0.1) is 0 Å². The maximum Gasteiger partial charge on any atom is 0.259 e. The Hall–Kier alpha value is -2.21. The summed E-state index contributed by atoms with van der Waals surface area (Å²) in [4.78, 5) is 35.1. The van der Waals surface area contributed by atoms with Gasteiger partial charge >= 0.3 is 0 Å². The zero-order valence-electron chi connectivity index (χ0n) is 11.6. The summed E-state index contributed by atoms with van der Waals surface area (Å²) in [6.45, 7) is 1.91. The summed E-state index contributed by atoms with van der Waals surface area (Å²) in [5.74, 6) is -0.441. The Morgan fingerprint density at radius 3 is 2.62 bits per heavy atom. The lowest BCUT2D eigenvalue weighted by Crippen LogP contribution is -2.30. The zero-order chi connectivity index (χ0) is 14.8. The van der Waals surface area contributed by atoms with E-state index in [0.717, 1.165) is 25.9 Å². The molecule has 0 atom stereocenters. The summed E-state index contributed by atoms with van der Waals surface area (Å²) in [5.41, 5.74) is 1.23.